The van der Waals surface area contributed by atoms with Crippen molar-refractivity contribution in [3.8, 4) is 22.3 Å². The highest BCUT2D eigenvalue weighted by Crippen LogP contribution is 2.38. The Morgan fingerprint density at radius 2 is 1.27 bits per heavy atom. The summed E-state index contributed by atoms with van der Waals surface area (Å²) in [4.78, 5) is 0. The maximum atomic E-state index is 5.59. The highest BCUT2D eigenvalue weighted by molar-refractivity contribution is 5.85. The average molecular weight is 288 g/mol. The molecule has 0 fully saturated rings. The largest absolute Gasteiger partial charge is 0.377 e. The molecule has 0 saturated heterocycles. The lowest BCUT2D eigenvalue weighted by molar-refractivity contribution is 0.120. The fourth-order valence-corrected chi connectivity index (χ4v) is 2.82. The van der Waals surface area contributed by atoms with Crippen LogP contribution in [-0.4, -0.2) is 7.11 Å². The van der Waals surface area contributed by atoms with Gasteiger partial charge in [-0.2, -0.15) is 0 Å². The van der Waals surface area contributed by atoms with Gasteiger partial charge in [-0.25, -0.2) is 0 Å². The quantitative estimate of drug-likeness (QED) is 0.596. The molecule has 1 unspecified atom stereocenters. The van der Waals surface area contributed by atoms with Crippen LogP contribution in [0.3, 0.4) is 0 Å². The van der Waals surface area contributed by atoms with Crippen LogP contribution in [0.2, 0.25) is 0 Å². The smallest absolute Gasteiger partial charge is 0.0799 e. The lowest BCUT2D eigenvalue weighted by Gasteiger charge is -2.19. The first-order valence-electron chi connectivity index (χ1n) is 7.58. The first-order chi connectivity index (χ1) is 10.8. The zero-order valence-electron chi connectivity index (χ0n) is 13.0. The van der Waals surface area contributed by atoms with Crippen LogP contribution in [0, 0.1) is 0 Å². The van der Waals surface area contributed by atoms with Gasteiger partial charge < -0.3 is 4.74 Å². The van der Waals surface area contributed by atoms with Crippen LogP contribution < -0.4 is 0 Å². The van der Waals surface area contributed by atoms with Gasteiger partial charge in [0.05, 0.1) is 6.10 Å². The molecule has 0 radical (unpaired) electrons. The SMILES string of the molecule is COC(C)c1cccc(-c2ccccc2)c1-c1ccccc1. The molecule has 0 aliphatic rings. The van der Waals surface area contributed by atoms with Gasteiger partial charge in [0.25, 0.3) is 0 Å². The lowest BCUT2D eigenvalue weighted by Crippen LogP contribution is -2.00. The van der Waals surface area contributed by atoms with Crippen LogP contribution in [0.15, 0.2) is 78.9 Å². The molecule has 0 bridgehead atoms. The van der Waals surface area contributed by atoms with Crippen LogP contribution in [0.1, 0.15) is 18.6 Å². The van der Waals surface area contributed by atoms with Crippen molar-refractivity contribution in [1.29, 1.82) is 0 Å². The molecule has 1 nitrogen and oxygen atoms in total. The fraction of sp³-hybridized carbons (Fsp3) is 0.143. The van der Waals surface area contributed by atoms with Crippen molar-refractivity contribution >= 4 is 0 Å². The molecule has 1 heteroatoms. The van der Waals surface area contributed by atoms with Gasteiger partial charge in [0, 0.05) is 7.11 Å². The van der Waals surface area contributed by atoms with E-state index in [-0.39, 0.29) is 6.10 Å². The minimum absolute atomic E-state index is 0.0545. The van der Waals surface area contributed by atoms with E-state index >= 15 is 0 Å². The van der Waals surface area contributed by atoms with E-state index in [4.69, 9.17) is 4.74 Å². The second-order valence-electron chi connectivity index (χ2n) is 5.38. The van der Waals surface area contributed by atoms with E-state index < -0.39 is 0 Å². The minimum Gasteiger partial charge on any atom is -0.377 e. The summed E-state index contributed by atoms with van der Waals surface area (Å²) in [5.74, 6) is 0. The molecule has 1 atom stereocenters. The van der Waals surface area contributed by atoms with Gasteiger partial charge >= 0.3 is 0 Å². The Bertz CT molecular complexity index is 732. The highest BCUT2D eigenvalue weighted by atomic mass is 16.5. The van der Waals surface area contributed by atoms with E-state index in [9.17, 15) is 0 Å². The summed E-state index contributed by atoms with van der Waals surface area (Å²) in [5, 5.41) is 0. The Kier molecular flexibility index (Phi) is 4.36. The topological polar surface area (TPSA) is 9.23 Å². The number of benzene rings is 3. The van der Waals surface area contributed by atoms with Gasteiger partial charge in [0.1, 0.15) is 0 Å². The maximum absolute atomic E-state index is 5.59. The summed E-state index contributed by atoms with van der Waals surface area (Å²) >= 11 is 0. The van der Waals surface area contributed by atoms with Crippen LogP contribution in [0.5, 0.6) is 0 Å². The van der Waals surface area contributed by atoms with Gasteiger partial charge in [-0.1, -0.05) is 78.9 Å². The van der Waals surface area contributed by atoms with E-state index in [2.05, 4.69) is 73.7 Å². The second-order valence-corrected chi connectivity index (χ2v) is 5.38. The second kappa shape index (κ2) is 6.59. The number of hydrogen-bond acceptors (Lipinski definition) is 1. The number of hydrogen-bond donors (Lipinski definition) is 0. The molecular formula is C21H20O. The molecule has 0 spiro atoms. The van der Waals surface area contributed by atoms with Gasteiger partial charge in [-0.3, -0.25) is 0 Å². The van der Waals surface area contributed by atoms with E-state index in [1.807, 2.05) is 12.1 Å². The third-order valence-electron chi connectivity index (χ3n) is 4.04. The third-order valence-corrected chi connectivity index (χ3v) is 4.04. The van der Waals surface area contributed by atoms with Crippen LogP contribution in [0.4, 0.5) is 0 Å². The summed E-state index contributed by atoms with van der Waals surface area (Å²) in [6, 6.07) is 27.5. The monoisotopic (exact) mass is 288 g/mol. The molecule has 0 aliphatic carbocycles. The fourth-order valence-electron chi connectivity index (χ4n) is 2.82. The van der Waals surface area contributed by atoms with Crippen LogP contribution in [0.25, 0.3) is 22.3 Å². The summed E-state index contributed by atoms with van der Waals surface area (Å²) in [7, 11) is 1.76. The molecule has 3 rings (SSSR count). The van der Waals surface area contributed by atoms with Crippen LogP contribution >= 0.6 is 0 Å². The molecule has 0 N–H and O–H groups in total. The first-order valence-corrected chi connectivity index (χ1v) is 7.58. The number of rotatable bonds is 4. The molecule has 0 amide bonds. The zero-order valence-corrected chi connectivity index (χ0v) is 13.0. The Morgan fingerprint density at radius 1 is 0.682 bits per heavy atom. The molecule has 0 heterocycles. The maximum Gasteiger partial charge on any atom is 0.0799 e. The lowest BCUT2D eigenvalue weighted by atomic mass is 9.89. The average Bonchev–Trinajstić information content (AvgIpc) is 2.62. The predicted molar refractivity (Wildman–Crippen MR) is 92.7 cm³/mol. The molecule has 0 aliphatic heterocycles. The van der Waals surface area contributed by atoms with E-state index in [0.29, 0.717) is 0 Å². The predicted octanol–water partition coefficient (Wildman–Crippen LogP) is 5.73. The van der Waals surface area contributed by atoms with Crippen molar-refractivity contribution in [2.75, 3.05) is 7.11 Å². The Morgan fingerprint density at radius 3 is 1.86 bits per heavy atom. The Balaban J connectivity index is 2.27. The van der Waals surface area contributed by atoms with Crippen molar-refractivity contribution in [1.82, 2.24) is 0 Å². The molecule has 110 valence electrons. The van der Waals surface area contributed by atoms with Crippen molar-refractivity contribution in [2.24, 2.45) is 0 Å². The number of methoxy groups -OCH3 is 1. The van der Waals surface area contributed by atoms with E-state index in [1.165, 1.54) is 27.8 Å². The van der Waals surface area contributed by atoms with Gasteiger partial charge in [-0.05, 0) is 34.7 Å². The van der Waals surface area contributed by atoms with Gasteiger partial charge in [-0.15, -0.1) is 0 Å². The normalized spacial score (nSPS) is 12.1. The molecule has 0 aromatic heterocycles. The third kappa shape index (κ3) is 2.81. The van der Waals surface area contributed by atoms with E-state index in [0.717, 1.165) is 0 Å². The van der Waals surface area contributed by atoms with Gasteiger partial charge in [0.2, 0.25) is 0 Å². The number of ether oxygens (including phenoxy) is 1. The van der Waals surface area contributed by atoms with Gasteiger partial charge in [0.15, 0.2) is 0 Å². The zero-order chi connectivity index (χ0) is 15.4. The van der Waals surface area contributed by atoms with Crippen LogP contribution in [-0.2, 0) is 4.74 Å². The molecule has 3 aromatic carbocycles. The van der Waals surface area contributed by atoms with Crippen molar-refractivity contribution in [3.63, 3.8) is 0 Å². The summed E-state index contributed by atoms with van der Waals surface area (Å²) in [6.07, 6.45) is 0.0545. The van der Waals surface area contributed by atoms with Crippen molar-refractivity contribution in [2.45, 2.75) is 13.0 Å². The molecule has 0 saturated carbocycles. The Hall–Kier alpha value is -2.38. The summed E-state index contributed by atoms with van der Waals surface area (Å²) in [5.41, 5.74) is 6.17. The molecule has 22 heavy (non-hydrogen) atoms. The summed E-state index contributed by atoms with van der Waals surface area (Å²) < 4.78 is 5.59. The van der Waals surface area contributed by atoms with Crippen molar-refractivity contribution < 1.29 is 4.74 Å². The highest BCUT2D eigenvalue weighted by Gasteiger charge is 2.16. The first kappa shape index (κ1) is 14.6. The Labute approximate surface area is 132 Å². The van der Waals surface area contributed by atoms with E-state index in [1.54, 1.807) is 7.11 Å². The molecular weight excluding hydrogens is 268 g/mol. The van der Waals surface area contributed by atoms with Crippen molar-refractivity contribution in [3.05, 3.63) is 84.4 Å². The summed E-state index contributed by atoms with van der Waals surface area (Å²) in [6.45, 7) is 2.09. The molecule has 3 aromatic rings. The standard InChI is InChI=1S/C21H20O/c1-16(22-2)19-14-9-15-20(17-10-5-3-6-11-17)21(19)18-12-7-4-8-13-18/h3-16H,1-2H3. The minimum atomic E-state index is 0.0545.